The van der Waals surface area contributed by atoms with Gasteiger partial charge in [-0.3, -0.25) is 4.79 Å². The Morgan fingerprint density at radius 3 is 2.62 bits per heavy atom. The van der Waals surface area contributed by atoms with Crippen LogP contribution in [0, 0.1) is 28.6 Å². The molecule has 0 radical (unpaired) electrons. The van der Waals surface area contributed by atoms with E-state index in [2.05, 4.69) is 13.8 Å². The second-order valence-corrected chi connectivity index (χ2v) is 10.5. The standard InChI is InChI=1S/C23H38O6/c1-21(8-3-4-20(26)27-11-10-24)15-23(28-12-13-29-23)14-16-17(21)7-9-22(2)18(16)5-6-19(22)25/h16-19,24-25H,3-15H2,1-2H3/t16-,17+,18+,19+,21+,22+/m1/s1. The third-order valence-electron chi connectivity index (χ3n) is 8.80. The highest BCUT2D eigenvalue weighted by atomic mass is 16.7. The maximum Gasteiger partial charge on any atom is 0.305 e. The van der Waals surface area contributed by atoms with Crippen molar-refractivity contribution in [2.24, 2.45) is 28.6 Å². The van der Waals surface area contributed by atoms with Gasteiger partial charge in [-0.2, -0.15) is 0 Å². The van der Waals surface area contributed by atoms with E-state index < -0.39 is 5.79 Å². The fourth-order valence-corrected chi connectivity index (χ4v) is 7.45. The molecule has 3 aliphatic carbocycles. The van der Waals surface area contributed by atoms with Gasteiger partial charge in [0.25, 0.3) is 0 Å². The van der Waals surface area contributed by atoms with Crippen molar-refractivity contribution in [1.82, 2.24) is 0 Å². The molecule has 6 atom stereocenters. The van der Waals surface area contributed by atoms with Gasteiger partial charge in [0, 0.05) is 19.3 Å². The molecular weight excluding hydrogens is 372 g/mol. The van der Waals surface area contributed by atoms with E-state index in [-0.39, 0.29) is 36.1 Å². The van der Waals surface area contributed by atoms with Crippen LogP contribution in [0.4, 0.5) is 0 Å². The number of aliphatic hydroxyl groups excluding tert-OH is 2. The number of fused-ring (bicyclic) bond motifs is 3. The Morgan fingerprint density at radius 1 is 1.14 bits per heavy atom. The normalized spacial score (nSPS) is 43.2. The number of esters is 1. The van der Waals surface area contributed by atoms with Crippen LogP contribution >= 0.6 is 0 Å². The van der Waals surface area contributed by atoms with Crippen molar-refractivity contribution >= 4 is 5.97 Å². The zero-order valence-corrected chi connectivity index (χ0v) is 18.0. The first-order chi connectivity index (χ1) is 13.8. The third-order valence-corrected chi connectivity index (χ3v) is 8.80. The van der Waals surface area contributed by atoms with E-state index in [9.17, 15) is 9.90 Å². The number of carbonyl (C=O) groups excluding carboxylic acids is 1. The van der Waals surface area contributed by atoms with Gasteiger partial charge in [0.15, 0.2) is 5.79 Å². The van der Waals surface area contributed by atoms with Crippen LogP contribution in [0.1, 0.15) is 71.6 Å². The Morgan fingerprint density at radius 2 is 1.90 bits per heavy atom. The monoisotopic (exact) mass is 410 g/mol. The van der Waals surface area contributed by atoms with Gasteiger partial charge < -0.3 is 24.4 Å². The zero-order chi connectivity index (χ0) is 20.7. The molecule has 4 aliphatic rings. The minimum atomic E-state index is -0.487. The van der Waals surface area contributed by atoms with Crippen LogP contribution < -0.4 is 0 Å². The second kappa shape index (κ2) is 8.10. The number of aliphatic hydroxyl groups is 2. The van der Waals surface area contributed by atoms with Crippen LogP contribution in [0.2, 0.25) is 0 Å². The van der Waals surface area contributed by atoms with Crippen molar-refractivity contribution < 1.29 is 29.2 Å². The summed E-state index contributed by atoms with van der Waals surface area (Å²) in [6.07, 6.45) is 7.99. The summed E-state index contributed by atoms with van der Waals surface area (Å²) in [6, 6.07) is 0. The van der Waals surface area contributed by atoms with Crippen molar-refractivity contribution in [3.8, 4) is 0 Å². The zero-order valence-electron chi connectivity index (χ0n) is 18.0. The summed E-state index contributed by atoms with van der Waals surface area (Å²) in [5.41, 5.74) is 0.0761. The lowest BCUT2D eigenvalue weighted by atomic mass is 9.48. The van der Waals surface area contributed by atoms with E-state index in [1.807, 2.05) is 0 Å². The summed E-state index contributed by atoms with van der Waals surface area (Å²) in [5.74, 6) is 0.893. The molecule has 2 N–H and O–H groups in total. The van der Waals surface area contributed by atoms with Gasteiger partial charge in [-0.1, -0.05) is 13.8 Å². The Kier molecular flexibility index (Phi) is 6.02. The quantitative estimate of drug-likeness (QED) is 0.655. The molecule has 0 aromatic rings. The lowest BCUT2D eigenvalue weighted by Crippen LogP contribution is -2.56. The molecule has 4 rings (SSSR count). The summed E-state index contributed by atoms with van der Waals surface area (Å²) < 4.78 is 17.5. The molecule has 1 heterocycles. The molecule has 166 valence electrons. The first-order valence-electron chi connectivity index (χ1n) is 11.5. The number of rotatable bonds is 6. The first kappa shape index (κ1) is 21.5. The van der Waals surface area contributed by atoms with Crippen molar-refractivity contribution in [2.75, 3.05) is 26.4 Å². The molecule has 1 aliphatic heterocycles. The largest absolute Gasteiger partial charge is 0.463 e. The SMILES string of the molecule is C[C@]1(CCCC(=O)OCCO)CC2(C[C@@H]3[C@@H]1CC[C@]1(C)[C@@H](O)CC[C@@H]31)OCCO2. The second-order valence-electron chi connectivity index (χ2n) is 10.5. The molecule has 1 saturated heterocycles. The van der Waals surface area contributed by atoms with Crippen LogP contribution in [-0.4, -0.2) is 54.5 Å². The van der Waals surface area contributed by atoms with Gasteiger partial charge in [0.05, 0.1) is 25.9 Å². The van der Waals surface area contributed by atoms with Gasteiger partial charge in [-0.15, -0.1) is 0 Å². The Bertz CT molecular complexity index is 602. The lowest BCUT2D eigenvalue weighted by molar-refractivity contribution is -0.246. The Balaban J connectivity index is 1.51. The van der Waals surface area contributed by atoms with E-state index >= 15 is 0 Å². The number of ether oxygens (including phenoxy) is 3. The highest BCUT2D eigenvalue weighted by Gasteiger charge is 2.62. The van der Waals surface area contributed by atoms with Crippen molar-refractivity contribution in [2.45, 2.75) is 83.5 Å². The predicted octanol–water partition coefficient (Wildman–Crippen LogP) is 3.04. The molecule has 6 heteroatoms. The van der Waals surface area contributed by atoms with Gasteiger partial charge >= 0.3 is 5.97 Å². The maximum atomic E-state index is 11.9. The molecule has 4 fully saturated rings. The Hall–Kier alpha value is -0.690. The van der Waals surface area contributed by atoms with Gasteiger partial charge in [0.1, 0.15) is 6.61 Å². The molecule has 1 spiro atoms. The molecule has 0 bridgehead atoms. The van der Waals surface area contributed by atoms with Crippen LogP contribution in [0.3, 0.4) is 0 Å². The summed E-state index contributed by atoms with van der Waals surface area (Å²) in [6.45, 7) is 5.92. The lowest BCUT2D eigenvalue weighted by Gasteiger charge is -2.59. The predicted molar refractivity (Wildman–Crippen MR) is 107 cm³/mol. The topological polar surface area (TPSA) is 85.2 Å². The van der Waals surface area contributed by atoms with Gasteiger partial charge in [-0.05, 0) is 67.1 Å². The minimum absolute atomic E-state index is 0.0211. The van der Waals surface area contributed by atoms with E-state index in [0.29, 0.717) is 37.4 Å². The highest BCUT2D eigenvalue weighted by Crippen LogP contribution is 2.65. The number of carbonyl (C=O) groups is 1. The molecule has 0 unspecified atom stereocenters. The first-order valence-corrected chi connectivity index (χ1v) is 11.5. The van der Waals surface area contributed by atoms with Crippen molar-refractivity contribution in [3.05, 3.63) is 0 Å². The molecule has 3 saturated carbocycles. The summed E-state index contributed by atoms with van der Waals surface area (Å²) in [7, 11) is 0. The van der Waals surface area contributed by atoms with E-state index in [4.69, 9.17) is 19.3 Å². The fraction of sp³-hybridized carbons (Fsp3) is 0.957. The van der Waals surface area contributed by atoms with Crippen molar-refractivity contribution in [3.63, 3.8) is 0 Å². The summed E-state index contributed by atoms with van der Waals surface area (Å²) >= 11 is 0. The minimum Gasteiger partial charge on any atom is -0.463 e. The van der Waals surface area contributed by atoms with E-state index in [0.717, 1.165) is 51.4 Å². The summed E-state index contributed by atoms with van der Waals surface area (Å²) in [4.78, 5) is 11.9. The van der Waals surface area contributed by atoms with Crippen LogP contribution in [-0.2, 0) is 19.0 Å². The molecule has 29 heavy (non-hydrogen) atoms. The maximum absolute atomic E-state index is 11.9. The molecule has 6 nitrogen and oxygen atoms in total. The van der Waals surface area contributed by atoms with E-state index in [1.54, 1.807) is 0 Å². The third kappa shape index (κ3) is 3.86. The smallest absolute Gasteiger partial charge is 0.305 e. The molecular formula is C23H38O6. The Labute approximate surface area is 174 Å². The van der Waals surface area contributed by atoms with Crippen molar-refractivity contribution in [1.29, 1.82) is 0 Å². The van der Waals surface area contributed by atoms with E-state index in [1.165, 1.54) is 0 Å². The van der Waals surface area contributed by atoms with Crippen LogP contribution in [0.25, 0.3) is 0 Å². The fourth-order valence-electron chi connectivity index (χ4n) is 7.45. The average Bonchev–Trinajstić information content (AvgIpc) is 3.24. The average molecular weight is 411 g/mol. The number of hydrogen-bond acceptors (Lipinski definition) is 6. The number of hydrogen-bond donors (Lipinski definition) is 2. The van der Waals surface area contributed by atoms with Crippen LogP contribution in [0.5, 0.6) is 0 Å². The highest BCUT2D eigenvalue weighted by molar-refractivity contribution is 5.69. The van der Waals surface area contributed by atoms with Crippen LogP contribution in [0.15, 0.2) is 0 Å². The molecule has 0 amide bonds. The van der Waals surface area contributed by atoms with Gasteiger partial charge in [0.2, 0.25) is 0 Å². The molecule has 0 aromatic carbocycles. The molecule has 0 aromatic heterocycles. The summed E-state index contributed by atoms with van der Waals surface area (Å²) in [5, 5.41) is 19.5. The van der Waals surface area contributed by atoms with Gasteiger partial charge in [-0.25, -0.2) is 0 Å².